The third-order valence-electron chi connectivity index (χ3n) is 3.51. The maximum absolute atomic E-state index is 5.79. The fraction of sp³-hybridized carbons (Fsp3) is 0.769. The Kier molecular flexibility index (Phi) is 9.45. The summed E-state index contributed by atoms with van der Waals surface area (Å²) in [7, 11) is 1.76. The van der Waals surface area contributed by atoms with Gasteiger partial charge >= 0.3 is 0 Å². The van der Waals surface area contributed by atoms with E-state index in [0.717, 1.165) is 19.6 Å². The van der Waals surface area contributed by atoms with Gasteiger partial charge in [-0.3, -0.25) is 4.99 Å². The summed E-state index contributed by atoms with van der Waals surface area (Å²) in [5.74, 6) is 0.522. The lowest BCUT2D eigenvalue weighted by Gasteiger charge is -2.26. The van der Waals surface area contributed by atoms with E-state index in [1.807, 2.05) is 0 Å². The molecule has 0 amide bonds. The standard InChI is InChI=1S/C13H25N3O.HI/c1-3-9-15-12(14)16-11-13(8-10-17-2)6-4-5-7-13;/h3H,1,4-11H2,2H3,(H3,14,15,16);1H. The summed E-state index contributed by atoms with van der Waals surface area (Å²) in [6.07, 6.45) is 7.96. The summed E-state index contributed by atoms with van der Waals surface area (Å²) < 4.78 is 5.19. The van der Waals surface area contributed by atoms with Crippen LogP contribution < -0.4 is 11.1 Å². The first kappa shape index (κ1) is 17.7. The van der Waals surface area contributed by atoms with Crippen molar-refractivity contribution in [1.29, 1.82) is 0 Å². The van der Waals surface area contributed by atoms with E-state index in [1.165, 1.54) is 25.7 Å². The maximum atomic E-state index is 5.79. The predicted octanol–water partition coefficient (Wildman–Crippen LogP) is 2.29. The van der Waals surface area contributed by atoms with Crippen molar-refractivity contribution < 1.29 is 4.74 Å². The second-order valence-electron chi connectivity index (χ2n) is 4.82. The molecule has 0 radical (unpaired) electrons. The van der Waals surface area contributed by atoms with Crippen molar-refractivity contribution in [1.82, 2.24) is 5.32 Å². The van der Waals surface area contributed by atoms with Gasteiger partial charge in [0.1, 0.15) is 0 Å². The summed E-state index contributed by atoms with van der Waals surface area (Å²) in [6.45, 7) is 5.93. The van der Waals surface area contributed by atoms with Crippen LogP contribution in [0.3, 0.4) is 0 Å². The number of aliphatic imine (C=N–C) groups is 1. The molecule has 0 aliphatic heterocycles. The highest BCUT2D eigenvalue weighted by atomic mass is 127. The zero-order valence-electron chi connectivity index (χ0n) is 11.3. The van der Waals surface area contributed by atoms with Crippen molar-refractivity contribution in [3.8, 4) is 0 Å². The highest BCUT2D eigenvalue weighted by molar-refractivity contribution is 14.0. The van der Waals surface area contributed by atoms with Gasteiger partial charge in [-0.15, -0.1) is 30.6 Å². The third kappa shape index (κ3) is 6.04. The minimum atomic E-state index is 0. The van der Waals surface area contributed by atoms with Crippen molar-refractivity contribution in [3.05, 3.63) is 12.7 Å². The van der Waals surface area contributed by atoms with Gasteiger partial charge in [0.2, 0.25) is 0 Å². The van der Waals surface area contributed by atoms with Crippen molar-refractivity contribution >= 4 is 29.9 Å². The molecule has 18 heavy (non-hydrogen) atoms. The normalized spacial score (nSPS) is 18.2. The van der Waals surface area contributed by atoms with Crippen LogP contribution in [0.25, 0.3) is 0 Å². The van der Waals surface area contributed by atoms with E-state index < -0.39 is 0 Å². The van der Waals surface area contributed by atoms with E-state index in [2.05, 4.69) is 16.9 Å². The summed E-state index contributed by atoms with van der Waals surface area (Å²) in [5, 5.41) is 3.01. The molecule has 3 N–H and O–H groups in total. The van der Waals surface area contributed by atoms with Crippen LogP contribution in [0.5, 0.6) is 0 Å². The maximum Gasteiger partial charge on any atom is 0.188 e. The topological polar surface area (TPSA) is 59.6 Å². The number of nitrogens with zero attached hydrogens (tertiary/aromatic N) is 1. The fourth-order valence-electron chi connectivity index (χ4n) is 2.42. The Labute approximate surface area is 127 Å². The Bertz CT molecular complexity index is 263. The van der Waals surface area contributed by atoms with Crippen LogP contribution in [-0.2, 0) is 4.74 Å². The first-order valence-corrected chi connectivity index (χ1v) is 6.36. The van der Waals surface area contributed by atoms with Crippen LogP contribution in [0.15, 0.2) is 17.6 Å². The third-order valence-corrected chi connectivity index (χ3v) is 3.51. The Hall–Kier alpha value is -0.300. The van der Waals surface area contributed by atoms with E-state index in [-0.39, 0.29) is 24.0 Å². The minimum absolute atomic E-state index is 0. The number of nitrogens with one attached hydrogen (secondary N) is 1. The van der Waals surface area contributed by atoms with E-state index in [0.29, 0.717) is 17.9 Å². The molecular formula is C13H26IN3O. The van der Waals surface area contributed by atoms with Crippen molar-refractivity contribution in [2.75, 3.05) is 26.8 Å². The van der Waals surface area contributed by atoms with Crippen molar-refractivity contribution in [2.45, 2.75) is 32.1 Å². The molecule has 1 rings (SSSR count). The zero-order chi connectivity index (χ0) is 12.6. The van der Waals surface area contributed by atoms with E-state index >= 15 is 0 Å². The predicted molar refractivity (Wildman–Crippen MR) is 87.5 cm³/mol. The molecule has 1 saturated carbocycles. The number of guanidine groups is 1. The number of methoxy groups -OCH3 is 1. The monoisotopic (exact) mass is 367 g/mol. The SMILES string of the molecule is C=CCNC(N)=NCC1(CCOC)CCCC1.I. The van der Waals surface area contributed by atoms with E-state index in [1.54, 1.807) is 13.2 Å². The molecule has 1 fully saturated rings. The minimum Gasteiger partial charge on any atom is -0.385 e. The summed E-state index contributed by atoms with van der Waals surface area (Å²) in [4.78, 5) is 4.45. The van der Waals surface area contributed by atoms with Crippen molar-refractivity contribution in [2.24, 2.45) is 16.1 Å². The second kappa shape index (κ2) is 9.61. The summed E-state index contributed by atoms with van der Waals surface area (Å²) in [6, 6.07) is 0. The molecule has 0 unspecified atom stereocenters. The lowest BCUT2D eigenvalue weighted by Crippen LogP contribution is -2.33. The molecular weight excluding hydrogens is 341 g/mol. The van der Waals surface area contributed by atoms with Gasteiger partial charge in [0.15, 0.2) is 5.96 Å². The molecule has 0 aromatic heterocycles. The molecule has 1 aliphatic rings. The molecule has 0 heterocycles. The Balaban J connectivity index is 0.00000289. The first-order chi connectivity index (χ1) is 8.22. The van der Waals surface area contributed by atoms with Crippen LogP contribution in [0, 0.1) is 5.41 Å². The number of hydrogen-bond donors (Lipinski definition) is 2. The van der Waals surface area contributed by atoms with Gasteiger partial charge in [0.25, 0.3) is 0 Å². The van der Waals surface area contributed by atoms with E-state index in [4.69, 9.17) is 10.5 Å². The van der Waals surface area contributed by atoms with Crippen molar-refractivity contribution in [3.63, 3.8) is 0 Å². The Morgan fingerprint density at radius 2 is 2.17 bits per heavy atom. The molecule has 0 atom stereocenters. The van der Waals surface area contributed by atoms with Gasteiger partial charge in [-0.05, 0) is 24.7 Å². The molecule has 0 spiro atoms. The zero-order valence-corrected chi connectivity index (χ0v) is 13.6. The molecule has 0 aromatic rings. The van der Waals surface area contributed by atoms with Crippen LogP contribution in [0.1, 0.15) is 32.1 Å². The average molecular weight is 367 g/mol. The lowest BCUT2D eigenvalue weighted by molar-refractivity contribution is 0.141. The molecule has 0 bridgehead atoms. The van der Waals surface area contributed by atoms with Gasteiger partial charge in [0, 0.05) is 26.8 Å². The molecule has 4 nitrogen and oxygen atoms in total. The Morgan fingerprint density at radius 1 is 1.50 bits per heavy atom. The average Bonchev–Trinajstić information content (AvgIpc) is 2.81. The quantitative estimate of drug-likeness (QED) is 0.314. The number of hydrogen-bond acceptors (Lipinski definition) is 2. The Morgan fingerprint density at radius 3 is 2.72 bits per heavy atom. The largest absolute Gasteiger partial charge is 0.385 e. The van der Waals surface area contributed by atoms with Gasteiger partial charge in [0.05, 0.1) is 0 Å². The van der Waals surface area contributed by atoms with Gasteiger partial charge in [-0.2, -0.15) is 0 Å². The molecule has 0 aromatic carbocycles. The van der Waals surface area contributed by atoms with Gasteiger partial charge in [-0.25, -0.2) is 0 Å². The summed E-state index contributed by atoms with van der Waals surface area (Å²) >= 11 is 0. The smallest absolute Gasteiger partial charge is 0.188 e. The molecule has 106 valence electrons. The summed E-state index contributed by atoms with van der Waals surface area (Å²) in [5.41, 5.74) is 6.10. The van der Waals surface area contributed by atoms with Crippen LogP contribution in [-0.4, -0.2) is 32.8 Å². The number of rotatable bonds is 7. The molecule has 1 aliphatic carbocycles. The number of nitrogens with two attached hydrogens (primary N) is 1. The number of halogens is 1. The fourth-order valence-corrected chi connectivity index (χ4v) is 2.42. The molecule has 0 saturated heterocycles. The van der Waals surface area contributed by atoms with Gasteiger partial charge in [-0.1, -0.05) is 18.9 Å². The molecule has 5 heteroatoms. The number of ether oxygens (including phenoxy) is 1. The highest BCUT2D eigenvalue weighted by Gasteiger charge is 2.33. The van der Waals surface area contributed by atoms with Gasteiger partial charge < -0.3 is 15.8 Å². The first-order valence-electron chi connectivity index (χ1n) is 6.36. The van der Waals surface area contributed by atoms with Crippen LogP contribution in [0.4, 0.5) is 0 Å². The second-order valence-corrected chi connectivity index (χ2v) is 4.82. The van der Waals surface area contributed by atoms with Crippen LogP contribution in [0.2, 0.25) is 0 Å². The van der Waals surface area contributed by atoms with E-state index in [9.17, 15) is 0 Å². The highest BCUT2D eigenvalue weighted by Crippen LogP contribution is 2.41. The lowest BCUT2D eigenvalue weighted by atomic mass is 9.83. The van der Waals surface area contributed by atoms with Crippen LogP contribution >= 0.6 is 24.0 Å².